The number of aromatic nitrogens is 2. The Morgan fingerprint density at radius 2 is 1.55 bits per heavy atom. The van der Waals surface area contributed by atoms with E-state index in [2.05, 4.69) is 6.92 Å². The molecule has 0 amide bonds. The number of benzene rings is 2. The highest BCUT2D eigenvalue weighted by Gasteiger charge is 2.13. The van der Waals surface area contributed by atoms with Crippen molar-refractivity contribution in [2.45, 2.75) is 26.4 Å². The minimum Gasteiger partial charge on any atom is -0.310 e. The lowest BCUT2D eigenvalue weighted by Crippen LogP contribution is -2.27. The molecule has 1 aromatic heterocycles. The summed E-state index contributed by atoms with van der Waals surface area (Å²) in [5.74, 6) is 0.0264. The van der Waals surface area contributed by atoms with Gasteiger partial charge in [0, 0.05) is 12.1 Å². The number of hydrogen-bond acceptors (Lipinski definition) is 2. The van der Waals surface area contributed by atoms with Crippen LogP contribution in [0.4, 0.5) is 0 Å². The second-order valence-electron chi connectivity index (χ2n) is 5.34. The number of carbonyl (C=O) groups excluding carboxylic acids is 1. The van der Waals surface area contributed by atoms with Gasteiger partial charge >= 0.3 is 0 Å². The van der Waals surface area contributed by atoms with E-state index in [1.54, 1.807) is 4.57 Å². The third-order valence-corrected chi connectivity index (χ3v) is 3.82. The van der Waals surface area contributed by atoms with Gasteiger partial charge in [0.05, 0.1) is 17.6 Å². The predicted molar refractivity (Wildman–Crippen MR) is 86.8 cm³/mol. The molecule has 22 heavy (non-hydrogen) atoms. The van der Waals surface area contributed by atoms with E-state index in [4.69, 9.17) is 5.41 Å². The summed E-state index contributed by atoms with van der Waals surface area (Å²) in [6, 6.07) is 17.1. The summed E-state index contributed by atoms with van der Waals surface area (Å²) in [5, 5.41) is 8.41. The van der Waals surface area contributed by atoms with Crippen molar-refractivity contribution in [3.8, 4) is 0 Å². The third kappa shape index (κ3) is 2.48. The van der Waals surface area contributed by atoms with E-state index in [1.165, 1.54) is 0 Å². The molecule has 2 aromatic carbocycles. The quantitative estimate of drug-likeness (QED) is 0.721. The molecule has 0 aliphatic rings. The Hall–Kier alpha value is -2.62. The van der Waals surface area contributed by atoms with E-state index in [9.17, 15) is 4.79 Å². The number of carbonyl (C=O) groups is 1. The Morgan fingerprint density at radius 3 is 2.18 bits per heavy atom. The van der Waals surface area contributed by atoms with Gasteiger partial charge in [-0.05, 0) is 18.6 Å². The smallest absolute Gasteiger partial charge is 0.203 e. The molecule has 0 bridgehead atoms. The highest BCUT2D eigenvalue weighted by molar-refractivity contribution is 5.96. The van der Waals surface area contributed by atoms with Crippen molar-refractivity contribution >= 4 is 16.8 Å². The average Bonchev–Trinajstić information content (AvgIpc) is 2.82. The van der Waals surface area contributed by atoms with E-state index >= 15 is 0 Å². The zero-order chi connectivity index (χ0) is 15.5. The van der Waals surface area contributed by atoms with Crippen LogP contribution >= 0.6 is 0 Å². The van der Waals surface area contributed by atoms with Crippen molar-refractivity contribution in [3.05, 3.63) is 65.8 Å². The number of fused-ring (bicyclic) bond motifs is 1. The molecule has 0 radical (unpaired) electrons. The van der Waals surface area contributed by atoms with Gasteiger partial charge in [-0.15, -0.1) is 0 Å². The highest BCUT2D eigenvalue weighted by Crippen LogP contribution is 2.14. The molecule has 0 saturated carbocycles. The van der Waals surface area contributed by atoms with Crippen LogP contribution in [0.5, 0.6) is 0 Å². The van der Waals surface area contributed by atoms with Gasteiger partial charge in [0.1, 0.15) is 0 Å². The first-order valence-corrected chi connectivity index (χ1v) is 7.53. The van der Waals surface area contributed by atoms with Crippen LogP contribution in [0.1, 0.15) is 23.7 Å². The first kappa shape index (κ1) is 14.3. The highest BCUT2D eigenvalue weighted by atomic mass is 16.1. The molecule has 0 saturated heterocycles. The van der Waals surface area contributed by atoms with Crippen LogP contribution in [0.2, 0.25) is 0 Å². The maximum absolute atomic E-state index is 12.5. The molecule has 0 aliphatic carbocycles. The monoisotopic (exact) mass is 293 g/mol. The molecule has 3 rings (SSSR count). The summed E-state index contributed by atoms with van der Waals surface area (Å²) in [5.41, 5.74) is 3.01. The number of imidazole rings is 1. The number of aryl methyl sites for hydroxylation is 1. The summed E-state index contributed by atoms with van der Waals surface area (Å²) in [6.45, 7) is 3.07. The van der Waals surface area contributed by atoms with Crippen LogP contribution in [-0.2, 0) is 13.1 Å². The number of nitrogens with one attached hydrogen (secondary N) is 1. The van der Waals surface area contributed by atoms with Crippen LogP contribution < -0.4 is 5.62 Å². The standard InChI is InChI=1S/C18H19N3O/c1-2-12-20-15-10-6-7-11-16(15)21(18(20)19)13-17(22)14-8-4-3-5-9-14/h3-11,19H,2,12-13H2,1H3. The lowest BCUT2D eigenvalue weighted by atomic mass is 10.1. The normalized spacial score (nSPS) is 11.0. The fourth-order valence-electron chi connectivity index (χ4n) is 2.76. The van der Waals surface area contributed by atoms with E-state index in [0.717, 1.165) is 24.0 Å². The molecule has 112 valence electrons. The molecule has 4 nitrogen and oxygen atoms in total. The molecule has 0 atom stereocenters. The van der Waals surface area contributed by atoms with Gasteiger partial charge in [-0.1, -0.05) is 49.4 Å². The van der Waals surface area contributed by atoms with Crippen molar-refractivity contribution in [1.29, 1.82) is 5.41 Å². The number of hydrogen-bond donors (Lipinski definition) is 1. The van der Waals surface area contributed by atoms with Crippen molar-refractivity contribution in [3.63, 3.8) is 0 Å². The second kappa shape index (κ2) is 6.02. The molecule has 1 heterocycles. The van der Waals surface area contributed by atoms with Crippen LogP contribution in [0.3, 0.4) is 0 Å². The fourth-order valence-corrected chi connectivity index (χ4v) is 2.76. The number of nitrogens with zero attached hydrogens (tertiary/aromatic N) is 2. The number of ketones is 1. The lowest BCUT2D eigenvalue weighted by Gasteiger charge is -2.04. The Morgan fingerprint density at radius 1 is 0.955 bits per heavy atom. The van der Waals surface area contributed by atoms with E-state index < -0.39 is 0 Å². The Balaban J connectivity index is 2.06. The Labute approximate surface area is 129 Å². The summed E-state index contributed by atoms with van der Waals surface area (Å²) >= 11 is 0. The zero-order valence-electron chi connectivity index (χ0n) is 12.6. The second-order valence-corrected chi connectivity index (χ2v) is 5.34. The summed E-state index contributed by atoms with van der Waals surface area (Å²) in [4.78, 5) is 12.5. The number of rotatable bonds is 5. The summed E-state index contributed by atoms with van der Waals surface area (Å²) in [7, 11) is 0. The van der Waals surface area contributed by atoms with Gasteiger partial charge in [-0.25, -0.2) is 0 Å². The van der Waals surface area contributed by atoms with Gasteiger partial charge < -0.3 is 9.13 Å². The van der Waals surface area contributed by atoms with Gasteiger partial charge in [0.15, 0.2) is 5.78 Å². The maximum atomic E-state index is 12.5. The van der Waals surface area contributed by atoms with Gasteiger partial charge in [0.2, 0.25) is 5.62 Å². The Bertz CT molecular complexity index is 859. The molecule has 0 aliphatic heterocycles. The number of Topliss-reactive ketones (excluding diaryl/α,β-unsaturated/α-hetero) is 1. The molecule has 3 aromatic rings. The lowest BCUT2D eigenvalue weighted by molar-refractivity contribution is 0.0971. The molecular weight excluding hydrogens is 274 g/mol. The fraction of sp³-hybridized carbons (Fsp3) is 0.222. The first-order valence-electron chi connectivity index (χ1n) is 7.53. The minimum atomic E-state index is 0.0264. The maximum Gasteiger partial charge on any atom is 0.203 e. The Kier molecular flexibility index (Phi) is 3.92. The van der Waals surface area contributed by atoms with Crippen molar-refractivity contribution in [2.75, 3.05) is 0 Å². The molecule has 0 unspecified atom stereocenters. The van der Waals surface area contributed by atoms with E-state index in [0.29, 0.717) is 11.2 Å². The van der Waals surface area contributed by atoms with Crippen molar-refractivity contribution < 1.29 is 4.79 Å². The van der Waals surface area contributed by atoms with Gasteiger partial charge in [0.25, 0.3) is 0 Å². The topological polar surface area (TPSA) is 50.8 Å². The van der Waals surface area contributed by atoms with Gasteiger partial charge in [-0.2, -0.15) is 0 Å². The predicted octanol–water partition coefficient (Wildman–Crippen LogP) is 3.22. The first-order chi connectivity index (χ1) is 10.7. The molecule has 4 heteroatoms. The SMILES string of the molecule is CCCn1c(=N)n(CC(=O)c2ccccc2)c2ccccc21. The van der Waals surface area contributed by atoms with Crippen LogP contribution in [0, 0.1) is 5.41 Å². The van der Waals surface area contributed by atoms with Crippen molar-refractivity contribution in [2.24, 2.45) is 0 Å². The van der Waals surface area contributed by atoms with Crippen molar-refractivity contribution in [1.82, 2.24) is 9.13 Å². The van der Waals surface area contributed by atoms with E-state index in [1.807, 2.05) is 59.2 Å². The van der Waals surface area contributed by atoms with Crippen LogP contribution in [0.25, 0.3) is 11.0 Å². The molecule has 1 N–H and O–H groups in total. The molecule has 0 fully saturated rings. The largest absolute Gasteiger partial charge is 0.310 e. The average molecular weight is 293 g/mol. The van der Waals surface area contributed by atoms with Gasteiger partial charge in [-0.3, -0.25) is 10.2 Å². The zero-order valence-corrected chi connectivity index (χ0v) is 12.6. The summed E-state index contributed by atoms with van der Waals surface area (Å²) < 4.78 is 3.76. The van der Waals surface area contributed by atoms with Crippen LogP contribution in [-0.4, -0.2) is 14.9 Å². The summed E-state index contributed by atoms with van der Waals surface area (Å²) in [6.07, 6.45) is 0.956. The third-order valence-electron chi connectivity index (χ3n) is 3.82. The number of para-hydroxylation sites is 2. The molecular formula is C18H19N3O. The molecule has 0 spiro atoms. The van der Waals surface area contributed by atoms with E-state index in [-0.39, 0.29) is 12.3 Å². The minimum absolute atomic E-state index is 0.0264. The van der Waals surface area contributed by atoms with Crippen LogP contribution in [0.15, 0.2) is 54.6 Å².